The smallest absolute Gasteiger partial charge is 0.275 e. The van der Waals surface area contributed by atoms with Crippen LogP contribution >= 0.6 is 0 Å². The highest BCUT2D eigenvalue weighted by molar-refractivity contribution is 6.03. The van der Waals surface area contributed by atoms with E-state index in [1.165, 1.54) is 25.3 Å². The fourth-order valence-electron chi connectivity index (χ4n) is 2.56. The van der Waals surface area contributed by atoms with Crippen LogP contribution in [-0.4, -0.2) is 23.8 Å². The van der Waals surface area contributed by atoms with Crippen molar-refractivity contribution in [3.63, 3.8) is 0 Å². The molecule has 0 bridgehead atoms. The van der Waals surface area contributed by atoms with Crippen molar-refractivity contribution in [2.24, 2.45) is 5.10 Å². The van der Waals surface area contributed by atoms with Gasteiger partial charge in [0.15, 0.2) is 11.6 Å². The summed E-state index contributed by atoms with van der Waals surface area (Å²) in [5.41, 5.74) is 3.42. The zero-order valence-electron chi connectivity index (χ0n) is 14.3. The maximum atomic E-state index is 13.8. The van der Waals surface area contributed by atoms with Crippen LogP contribution in [0.1, 0.15) is 22.8 Å². The van der Waals surface area contributed by atoms with Crippen LogP contribution in [0.3, 0.4) is 0 Å². The van der Waals surface area contributed by atoms with Gasteiger partial charge in [-0.05, 0) is 48.0 Å². The Kier molecular flexibility index (Phi) is 4.84. The SMILES string of the molecule is COc1ccc(/C(C)=N\NC(=O)c2cc3ccccc3cc2O)cc1F. The molecule has 26 heavy (non-hydrogen) atoms. The van der Waals surface area contributed by atoms with Gasteiger partial charge < -0.3 is 9.84 Å². The molecular formula is C20H17FN2O3. The lowest BCUT2D eigenvalue weighted by Crippen LogP contribution is -2.19. The average Bonchev–Trinajstić information content (AvgIpc) is 2.65. The maximum Gasteiger partial charge on any atom is 0.275 e. The number of hydrogen-bond acceptors (Lipinski definition) is 4. The van der Waals surface area contributed by atoms with E-state index >= 15 is 0 Å². The van der Waals surface area contributed by atoms with Gasteiger partial charge in [-0.15, -0.1) is 0 Å². The first kappa shape index (κ1) is 17.4. The number of fused-ring (bicyclic) bond motifs is 1. The molecule has 0 aromatic heterocycles. The predicted octanol–water partition coefficient (Wildman–Crippen LogP) is 3.85. The fraction of sp³-hybridized carbons (Fsp3) is 0.100. The van der Waals surface area contributed by atoms with E-state index in [1.54, 1.807) is 19.1 Å². The van der Waals surface area contributed by atoms with Gasteiger partial charge in [-0.1, -0.05) is 24.3 Å². The minimum absolute atomic E-state index is 0.112. The van der Waals surface area contributed by atoms with Gasteiger partial charge in [0.1, 0.15) is 5.75 Å². The molecule has 3 rings (SSSR count). The van der Waals surface area contributed by atoms with Crippen LogP contribution in [0.2, 0.25) is 0 Å². The highest BCUT2D eigenvalue weighted by atomic mass is 19.1. The Labute approximate surface area is 149 Å². The zero-order valence-corrected chi connectivity index (χ0v) is 14.3. The van der Waals surface area contributed by atoms with E-state index in [-0.39, 0.29) is 17.1 Å². The lowest BCUT2D eigenvalue weighted by Gasteiger charge is -2.07. The van der Waals surface area contributed by atoms with E-state index in [0.29, 0.717) is 11.3 Å². The second kappa shape index (κ2) is 7.23. The minimum Gasteiger partial charge on any atom is -0.507 e. The van der Waals surface area contributed by atoms with Crippen molar-refractivity contribution >= 4 is 22.4 Å². The molecule has 0 saturated heterocycles. The van der Waals surface area contributed by atoms with Crippen molar-refractivity contribution in [1.82, 2.24) is 5.43 Å². The van der Waals surface area contributed by atoms with Gasteiger partial charge in [0.2, 0.25) is 0 Å². The molecule has 3 aromatic rings. The van der Waals surface area contributed by atoms with Gasteiger partial charge in [0.05, 0.1) is 18.4 Å². The summed E-state index contributed by atoms with van der Waals surface area (Å²) in [5.74, 6) is -1.07. The summed E-state index contributed by atoms with van der Waals surface area (Å²) in [6.45, 7) is 1.64. The standard InChI is InChI=1S/C20H17FN2O3/c1-12(13-7-8-19(26-2)17(21)10-13)22-23-20(25)16-9-14-5-3-4-6-15(14)11-18(16)24/h3-11,24H,1-2H3,(H,23,25)/b22-12-. The molecule has 3 aromatic carbocycles. The molecule has 132 valence electrons. The molecule has 0 unspecified atom stereocenters. The third-order valence-electron chi connectivity index (χ3n) is 4.00. The van der Waals surface area contributed by atoms with Crippen molar-refractivity contribution in [3.05, 3.63) is 71.5 Å². The Balaban J connectivity index is 1.82. The van der Waals surface area contributed by atoms with Crippen LogP contribution < -0.4 is 10.2 Å². The first-order valence-electron chi connectivity index (χ1n) is 7.90. The molecule has 0 heterocycles. The Hall–Kier alpha value is -3.41. The normalized spacial score (nSPS) is 11.4. The summed E-state index contributed by atoms with van der Waals surface area (Å²) < 4.78 is 18.6. The minimum atomic E-state index is -0.554. The second-order valence-corrected chi connectivity index (χ2v) is 5.70. The quantitative estimate of drug-likeness (QED) is 0.553. The largest absolute Gasteiger partial charge is 0.507 e. The molecule has 5 nitrogen and oxygen atoms in total. The summed E-state index contributed by atoms with van der Waals surface area (Å²) in [5, 5.41) is 15.7. The van der Waals surface area contributed by atoms with Crippen molar-refractivity contribution in [2.75, 3.05) is 7.11 Å². The molecule has 1 amide bonds. The molecule has 6 heteroatoms. The summed E-state index contributed by atoms with van der Waals surface area (Å²) in [6, 6.07) is 14.9. The predicted molar refractivity (Wildman–Crippen MR) is 98.2 cm³/mol. The highest BCUT2D eigenvalue weighted by Crippen LogP contribution is 2.25. The third-order valence-corrected chi connectivity index (χ3v) is 4.00. The molecule has 0 atom stereocenters. The number of hydrogen-bond donors (Lipinski definition) is 2. The summed E-state index contributed by atoms with van der Waals surface area (Å²) in [7, 11) is 1.38. The lowest BCUT2D eigenvalue weighted by atomic mass is 10.1. The summed E-state index contributed by atoms with van der Waals surface area (Å²) >= 11 is 0. The molecule has 0 aliphatic rings. The number of phenols is 1. The fourth-order valence-corrected chi connectivity index (χ4v) is 2.56. The number of rotatable bonds is 4. The van der Waals surface area contributed by atoms with Gasteiger partial charge in [-0.2, -0.15) is 5.10 Å². The first-order chi connectivity index (χ1) is 12.5. The van der Waals surface area contributed by atoms with Gasteiger partial charge in [0, 0.05) is 5.56 Å². The summed E-state index contributed by atoms with van der Waals surface area (Å²) in [4.78, 5) is 12.3. The molecule has 2 N–H and O–H groups in total. The van der Waals surface area contributed by atoms with Crippen LogP contribution in [0.25, 0.3) is 10.8 Å². The molecule has 0 saturated carbocycles. The Morgan fingerprint density at radius 3 is 2.46 bits per heavy atom. The number of methoxy groups -OCH3 is 1. The first-order valence-corrected chi connectivity index (χ1v) is 7.90. The maximum absolute atomic E-state index is 13.8. The number of amides is 1. The number of ether oxygens (including phenoxy) is 1. The number of halogens is 1. The van der Waals surface area contributed by atoms with Gasteiger partial charge in [-0.3, -0.25) is 4.79 Å². The number of carbonyl (C=O) groups is 1. The molecule has 0 aliphatic carbocycles. The number of hydrazone groups is 1. The Bertz CT molecular complexity index is 1020. The monoisotopic (exact) mass is 352 g/mol. The van der Waals surface area contributed by atoms with E-state index < -0.39 is 11.7 Å². The van der Waals surface area contributed by atoms with E-state index in [4.69, 9.17) is 4.74 Å². The van der Waals surface area contributed by atoms with Crippen molar-refractivity contribution in [1.29, 1.82) is 0 Å². The highest BCUT2D eigenvalue weighted by Gasteiger charge is 2.12. The third kappa shape index (κ3) is 3.49. The Morgan fingerprint density at radius 2 is 1.81 bits per heavy atom. The number of nitrogens with one attached hydrogen (secondary N) is 1. The number of carbonyl (C=O) groups excluding carboxylic acids is 1. The topological polar surface area (TPSA) is 70.9 Å². The number of phenolic OH excluding ortho intramolecular Hbond substituents is 1. The van der Waals surface area contributed by atoms with E-state index in [1.807, 2.05) is 24.3 Å². The van der Waals surface area contributed by atoms with Crippen molar-refractivity contribution in [2.45, 2.75) is 6.92 Å². The molecule has 0 aliphatic heterocycles. The van der Waals surface area contributed by atoms with E-state index in [9.17, 15) is 14.3 Å². The zero-order chi connectivity index (χ0) is 18.7. The number of benzene rings is 3. The Morgan fingerprint density at radius 1 is 1.12 bits per heavy atom. The van der Waals surface area contributed by atoms with Gasteiger partial charge in [-0.25, -0.2) is 9.82 Å². The van der Waals surface area contributed by atoms with Crippen molar-refractivity contribution in [3.8, 4) is 11.5 Å². The number of nitrogens with zero attached hydrogens (tertiary/aromatic N) is 1. The van der Waals surface area contributed by atoms with Gasteiger partial charge >= 0.3 is 0 Å². The molecule has 0 fully saturated rings. The molecular weight excluding hydrogens is 335 g/mol. The second-order valence-electron chi connectivity index (χ2n) is 5.70. The van der Waals surface area contributed by atoms with E-state index in [0.717, 1.165) is 10.8 Å². The van der Waals surface area contributed by atoms with Crippen LogP contribution in [0.15, 0.2) is 59.7 Å². The average molecular weight is 352 g/mol. The van der Waals surface area contributed by atoms with E-state index in [2.05, 4.69) is 10.5 Å². The van der Waals surface area contributed by atoms with Crippen molar-refractivity contribution < 1.29 is 19.0 Å². The lowest BCUT2D eigenvalue weighted by molar-refractivity contribution is 0.0952. The summed E-state index contributed by atoms with van der Waals surface area (Å²) in [6.07, 6.45) is 0. The van der Waals surface area contributed by atoms with Crippen LogP contribution in [0.4, 0.5) is 4.39 Å². The number of aromatic hydroxyl groups is 1. The van der Waals surface area contributed by atoms with Crippen LogP contribution in [-0.2, 0) is 0 Å². The van der Waals surface area contributed by atoms with Crippen LogP contribution in [0, 0.1) is 5.82 Å². The van der Waals surface area contributed by atoms with Gasteiger partial charge in [0.25, 0.3) is 5.91 Å². The molecule has 0 spiro atoms. The molecule has 0 radical (unpaired) electrons. The van der Waals surface area contributed by atoms with Crippen LogP contribution in [0.5, 0.6) is 11.5 Å².